The minimum Gasteiger partial charge on any atom is -0.492 e. The van der Waals surface area contributed by atoms with E-state index in [-0.39, 0.29) is 5.92 Å². The van der Waals surface area contributed by atoms with E-state index in [0.29, 0.717) is 12.5 Å². The lowest BCUT2D eigenvalue weighted by atomic mass is 9.87. The lowest BCUT2D eigenvalue weighted by Gasteiger charge is -2.17. The molecule has 0 saturated heterocycles. The van der Waals surface area contributed by atoms with Gasteiger partial charge in [0.2, 0.25) is 0 Å². The molecule has 4 heteroatoms. The fraction of sp³-hybridized carbons (Fsp3) is 0.409. The van der Waals surface area contributed by atoms with E-state index in [0.717, 1.165) is 41.5 Å². The third-order valence-electron chi connectivity index (χ3n) is 4.41. The lowest BCUT2D eigenvalue weighted by molar-refractivity contribution is -0.109. The van der Waals surface area contributed by atoms with Gasteiger partial charge in [-0.1, -0.05) is 47.1 Å². The predicted octanol–water partition coefficient (Wildman–Crippen LogP) is 4.94. The van der Waals surface area contributed by atoms with E-state index >= 15 is 0 Å². The fourth-order valence-electron chi connectivity index (χ4n) is 2.99. The number of nitrogens with zero attached hydrogens (tertiary/aromatic N) is 1. The van der Waals surface area contributed by atoms with Crippen molar-refractivity contribution in [1.29, 1.82) is 0 Å². The Morgan fingerprint density at radius 2 is 1.88 bits per heavy atom. The highest BCUT2D eigenvalue weighted by Crippen LogP contribution is 2.26. The van der Waals surface area contributed by atoms with Crippen LogP contribution in [-0.2, 0) is 11.2 Å². The lowest BCUT2D eigenvalue weighted by Crippen LogP contribution is -2.19. The van der Waals surface area contributed by atoms with Gasteiger partial charge in [-0.25, -0.2) is 0 Å². The van der Waals surface area contributed by atoms with Gasteiger partial charge < -0.3 is 14.4 Å². The SMILES string of the molecule is CC(Cc1ccc(OCCN(C)C)cc1)CC(C=O)c1cccc(Br)c1. The number of halogens is 1. The molecule has 0 aliphatic carbocycles. The zero-order valence-corrected chi connectivity index (χ0v) is 17.4. The fourth-order valence-corrected chi connectivity index (χ4v) is 3.41. The second-order valence-electron chi connectivity index (χ2n) is 7.14. The van der Waals surface area contributed by atoms with Crippen LogP contribution in [0.4, 0.5) is 0 Å². The minimum atomic E-state index is -0.0591. The molecule has 0 radical (unpaired) electrons. The molecule has 0 fully saturated rings. The first-order chi connectivity index (χ1) is 12.5. The number of likely N-dealkylation sites (N-methyl/N-ethyl adjacent to an activating group) is 1. The molecule has 26 heavy (non-hydrogen) atoms. The Morgan fingerprint density at radius 3 is 2.50 bits per heavy atom. The number of hydrogen-bond acceptors (Lipinski definition) is 3. The van der Waals surface area contributed by atoms with Gasteiger partial charge in [-0.05, 0) is 68.2 Å². The van der Waals surface area contributed by atoms with Crippen molar-refractivity contribution in [3.05, 3.63) is 64.1 Å². The first kappa shape index (κ1) is 20.7. The third kappa shape index (κ3) is 6.93. The van der Waals surface area contributed by atoms with Crippen molar-refractivity contribution in [3.63, 3.8) is 0 Å². The van der Waals surface area contributed by atoms with Gasteiger partial charge >= 0.3 is 0 Å². The topological polar surface area (TPSA) is 29.5 Å². The van der Waals surface area contributed by atoms with Crippen molar-refractivity contribution >= 4 is 22.2 Å². The molecule has 0 aliphatic heterocycles. The van der Waals surface area contributed by atoms with Crippen LogP contribution in [0.15, 0.2) is 53.0 Å². The first-order valence-corrected chi connectivity index (χ1v) is 9.84. The van der Waals surface area contributed by atoms with Crippen molar-refractivity contribution in [2.75, 3.05) is 27.2 Å². The number of rotatable bonds is 10. The zero-order valence-electron chi connectivity index (χ0n) is 15.8. The van der Waals surface area contributed by atoms with Gasteiger partial charge in [-0.15, -0.1) is 0 Å². The molecule has 0 amide bonds. The van der Waals surface area contributed by atoms with Crippen LogP contribution in [0.3, 0.4) is 0 Å². The smallest absolute Gasteiger partial charge is 0.127 e. The maximum atomic E-state index is 11.6. The van der Waals surface area contributed by atoms with Gasteiger partial charge in [-0.2, -0.15) is 0 Å². The molecule has 0 aliphatic rings. The Hall–Kier alpha value is -1.65. The van der Waals surface area contributed by atoms with Crippen LogP contribution in [0.25, 0.3) is 0 Å². The van der Waals surface area contributed by atoms with E-state index in [1.165, 1.54) is 5.56 Å². The van der Waals surface area contributed by atoms with Crippen molar-refractivity contribution < 1.29 is 9.53 Å². The molecule has 0 spiro atoms. The normalized spacial score (nSPS) is 13.4. The number of ether oxygens (including phenoxy) is 1. The number of aldehydes is 1. The summed E-state index contributed by atoms with van der Waals surface area (Å²) in [6, 6.07) is 16.3. The first-order valence-electron chi connectivity index (χ1n) is 9.05. The maximum absolute atomic E-state index is 11.6. The number of carbonyl (C=O) groups is 1. The maximum Gasteiger partial charge on any atom is 0.127 e. The molecule has 140 valence electrons. The van der Waals surface area contributed by atoms with Crippen molar-refractivity contribution in [3.8, 4) is 5.75 Å². The van der Waals surface area contributed by atoms with Gasteiger partial charge in [0, 0.05) is 16.9 Å². The Kier molecular flexibility index (Phi) is 8.33. The van der Waals surface area contributed by atoms with E-state index in [2.05, 4.69) is 39.9 Å². The van der Waals surface area contributed by atoms with Crippen molar-refractivity contribution in [1.82, 2.24) is 4.90 Å². The molecule has 2 aromatic rings. The molecule has 2 atom stereocenters. The number of hydrogen-bond donors (Lipinski definition) is 0. The molecule has 2 aromatic carbocycles. The van der Waals surface area contributed by atoms with Crippen LogP contribution in [-0.4, -0.2) is 38.4 Å². The van der Waals surface area contributed by atoms with Crippen LogP contribution in [0.5, 0.6) is 5.75 Å². The van der Waals surface area contributed by atoms with E-state index in [1.54, 1.807) is 0 Å². The Labute approximate surface area is 165 Å². The summed E-state index contributed by atoms with van der Waals surface area (Å²) in [7, 11) is 4.07. The third-order valence-corrected chi connectivity index (χ3v) is 4.91. The molecule has 3 nitrogen and oxygen atoms in total. The van der Waals surface area contributed by atoms with E-state index in [1.807, 2.05) is 50.5 Å². The predicted molar refractivity (Wildman–Crippen MR) is 111 cm³/mol. The Bertz CT molecular complexity index is 685. The highest BCUT2D eigenvalue weighted by atomic mass is 79.9. The average molecular weight is 418 g/mol. The summed E-state index contributed by atoms with van der Waals surface area (Å²) in [5, 5.41) is 0. The van der Waals surface area contributed by atoms with Crippen molar-refractivity contribution in [2.24, 2.45) is 5.92 Å². The second-order valence-corrected chi connectivity index (χ2v) is 8.05. The minimum absolute atomic E-state index is 0.0591. The van der Waals surface area contributed by atoms with Crippen molar-refractivity contribution in [2.45, 2.75) is 25.7 Å². The van der Waals surface area contributed by atoms with Crippen LogP contribution < -0.4 is 4.74 Å². The Morgan fingerprint density at radius 1 is 1.15 bits per heavy atom. The molecule has 0 heterocycles. The highest BCUT2D eigenvalue weighted by Gasteiger charge is 2.15. The molecule has 2 unspecified atom stereocenters. The van der Waals surface area contributed by atoms with Gasteiger partial charge in [0.25, 0.3) is 0 Å². The van der Waals surface area contributed by atoms with Gasteiger partial charge in [0.15, 0.2) is 0 Å². The molecular weight excluding hydrogens is 390 g/mol. The summed E-state index contributed by atoms with van der Waals surface area (Å²) in [4.78, 5) is 13.7. The Balaban J connectivity index is 1.88. The van der Waals surface area contributed by atoms with Crippen LogP contribution in [0.1, 0.15) is 30.4 Å². The standard InChI is InChI=1S/C22H28BrNO2/c1-17(14-20(16-25)19-5-4-6-21(23)15-19)13-18-7-9-22(10-8-18)26-12-11-24(2)3/h4-10,15-17,20H,11-14H2,1-3H3. The highest BCUT2D eigenvalue weighted by molar-refractivity contribution is 9.10. The summed E-state index contributed by atoms with van der Waals surface area (Å²) in [6.45, 7) is 3.80. The largest absolute Gasteiger partial charge is 0.492 e. The number of carbonyl (C=O) groups excluding carboxylic acids is 1. The van der Waals surface area contributed by atoms with E-state index in [9.17, 15) is 4.79 Å². The summed E-state index contributed by atoms with van der Waals surface area (Å²) >= 11 is 3.48. The summed E-state index contributed by atoms with van der Waals surface area (Å²) < 4.78 is 6.75. The molecule has 0 bridgehead atoms. The molecule has 0 N–H and O–H groups in total. The molecule has 0 saturated carbocycles. The molecule has 0 aromatic heterocycles. The quantitative estimate of drug-likeness (QED) is 0.512. The molecular formula is C22H28BrNO2. The van der Waals surface area contributed by atoms with Crippen LogP contribution in [0.2, 0.25) is 0 Å². The van der Waals surface area contributed by atoms with Crippen LogP contribution in [0, 0.1) is 5.92 Å². The number of benzene rings is 2. The van der Waals surface area contributed by atoms with Gasteiger partial charge in [-0.3, -0.25) is 0 Å². The average Bonchev–Trinajstić information content (AvgIpc) is 2.61. The van der Waals surface area contributed by atoms with Gasteiger partial charge in [0.1, 0.15) is 18.6 Å². The van der Waals surface area contributed by atoms with E-state index < -0.39 is 0 Å². The monoisotopic (exact) mass is 417 g/mol. The van der Waals surface area contributed by atoms with Gasteiger partial charge in [0.05, 0.1) is 0 Å². The summed E-state index contributed by atoms with van der Waals surface area (Å²) in [6.07, 6.45) is 2.87. The summed E-state index contributed by atoms with van der Waals surface area (Å²) in [5.74, 6) is 1.27. The zero-order chi connectivity index (χ0) is 18.9. The van der Waals surface area contributed by atoms with Crippen LogP contribution >= 0.6 is 15.9 Å². The molecule has 2 rings (SSSR count). The summed E-state index contributed by atoms with van der Waals surface area (Å²) in [5.41, 5.74) is 2.35. The second kappa shape index (κ2) is 10.5. The van der Waals surface area contributed by atoms with E-state index in [4.69, 9.17) is 4.74 Å².